The van der Waals surface area contributed by atoms with Gasteiger partial charge in [0, 0.05) is 12.6 Å². The predicted molar refractivity (Wildman–Crippen MR) is 74.7 cm³/mol. The van der Waals surface area contributed by atoms with Crippen molar-refractivity contribution in [2.24, 2.45) is 0 Å². The van der Waals surface area contributed by atoms with Gasteiger partial charge in [-0.1, -0.05) is 23.7 Å². The van der Waals surface area contributed by atoms with E-state index in [4.69, 9.17) is 21.6 Å². The Morgan fingerprint density at radius 2 is 2.05 bits per heavy atom. The summed E-state index contributed by atoms with van der Waals surface area (Å²) in [6.07, 6.45) is -2.92. The monoisotopic (exact) mass is 326 g/mol. The van der Waals surface area contributed by atoms with E-state index in [2.05, 4.69) is 4.98 Å². The van der Waals surface area contributed by atoms with E-state index in [1.165, 1.54) is 0 Å². The molecule has 0 fully saturated rings. The zero-order chi connectivity index (χ0) is 16.2. The molecule has 22 heavy (non-hydrogen) atoms. The van der Waals surface area contributed by atoms with E-state index in [0.717, 1.165) is 11.6 Å². The van der Waals surface area contributed by atoms with Crippen molar-refractivity contribution >= 4 is 11.6 Å². The molecule has 2 rings (SSSR count). The normalized spacial score (nSPS) is 11.0. The lowest BCUT2D eigenvalue weighted by Crippen LogP contribution is -2.05. The van der Waals surface area contributed by atoms with Crippen LogP contribution >= 0.6 is 11.6 Å². The number of pyridine rings is 1. The quantitative estimate of drug-likeness (QED) is 0.794. The van der Waals surface area contributed by atoms with Crippen molar-refractivity contribution in [1.29, 1.82) is 5.26 Å². The second-order valence-corrected chi connectivity index (χ2v) is 4.82. The van der Waals surface area contributed by atoms with E-state index >= 15 is 0 Å². The minimum absolute atomic E-state index is 0.105. The second-order valence-electron chi connectivity index (χ2n) is 4.42. The molecule has 1 heterocycles. The molecule has 0 radical (unpaired) electrons. The molecule has 2 aromatic rings. The van der Waals surface area contributed by atoms with E-state index in [1.54, 1.807) is 18.2 Å². The van der Waals surface area contributed by atoms with E-state index in [9.17, 15) is 13.2 Å². The Bertz CT molecular complexity index is 711. The Hall–Kier alpha value is -2.26. The number of nitrogens with zero attached hydrogens (tertiary/aromatic N) is 2. The average molecular weight is 327 g/mol. The molecular formula is C15H10ClF3N2O. The number of aromatic nitrogens is 1. The summed E-state index contributed by atoms with van der Waals surface area (Å²) < 4.78 is 43.0. The minimum atomic E-state index is -4.51. The molecule has 0 aliphatic carbocycles. The molecule has 7 heteroatoms. The van der Waals surface area contributed by atoms with Gasteiger partial charge in [-0.15, -0.1) is 0 Å². The van der Waals surface area contributed by atoms with Gasteiger partial charge in [0.2, 0.25) is 5.88 Å². The number of hydrogen-bond donors (Lipinski definition) is 0. The fourth-order valence-electron chi connectivity index (χ4n) is 1.73. The first-order valence-electron chi connectivity index (χ1n) is 6.26. The summed E-state index contributed by atoms with van der Waals surface area (Å²) in [6.45, 7) is 0. The molecule has 0 unspecified atom stereocenters. The van der Waals surface area contributed by atoms with Crippen LogP contribution in [0.5, 0.6) is 11.6 Å². The lowest BCUT2D eigenvalue weighted by atomic mass is 10.1. The predicted octanol–water partition coefficient (Wildman–Crippen LogP) is 5.00. The summed E-state index contributed by atoms with van der Waals surface area (Å²) in [5, 5.41) is 8.33. The Kier molecular flexibility index (Phi) is 4.88. The van der Waals surface area contributed by atoms with Gasteiger partial charge in [0.1, 0.15) is 10.8 Å². The van der Waals surface area contributed by atoms with Crippen LogP contribution in [0, 0.1) is 11.3 Å². The summed E-state index contributed by atoms with van der Waals surface area (Å²) in [4.78, 5) is 3.61. The molecule has 0 aliphatic rings. The van der Waals surface area contributed by atoms with E-state index in [-0.39, 0.29) is 10.9 Å². The van der Waals surface area contributed by atoms with Gasteiger partial charge in [0.25, 0.3) is 0 Å². The number of ether oxygens (including phenoxy) is 1. The lowest BCUT2D eigenvalue weighted by Gasteiger charge is -2.10. The maximum Gasteiger partial charge on any atom is 0.417 e. The maximum absolute atomic E-state index is 12.5. The number of halogens is 4. The summed E-state index contributed by atoms with van der Waals surface area (Å²) in [6, 6.07) is 9.67. The average Bonchev–Trinajstić information content (AvgIpc) is 2.46. The zero-order valence-corrected chi connectivity index (χ0v) is 11.9. The maximum atomic E-state index is 12.5. The molecule has 0 amide bonds. The molecule has 0 bridgehead atoms. The number of alkyl halides is 3. The van der Waals surface area contributed by atoms with Crippen molar-refractivity contribution in [2.45, 2.75) is 19.0 Å². The molecule has 0 aliphatic heterocycles. The van der Waals surface area contributed by atoms with Crippen molar-refractivity contribution in [3.05, 3.63) is 52.7 Å². The van der Waals surface area contributed by atoms with Crippen molar-refractivity contribution < 1.29 is 17.9 Å². The van der Waals surface area contributed by atoms with Crippen molar-refractivity contribution in [3.63, 3.8) is 0 Å². The molecule has 1 aromatic heterocycles. The number of benzene rings is 1. The van der Waals surface area contributed by atoms with Gasteiger partial charge in [-0.3, -0.25) is 0 Å². The first-order chi connectivity index (χ1) is 10.4. The Labute approximate surface area is 129 Å². The zero-order valence-electron chi connectivity index (χ0n) is 11.2. The molecule has 3 nitrogen and oxygen atoms in total. The van der Waals surface area contributed by atoms with Gasteiger partial charge >= 0.3 is 6.18 Å². The third-order valence-corrected chi connectivity index (χ3v) is 3.04. The van der Waals surface area contributed by atoms with Crippen LogP contribution in [-0.2, 0) is 12.6 Å². The van der Waals surface area contributed by atoms with Crippen LogP contribution in [0.1, 0.15) is 17.5 Å². The van der Waals surface area contributed by atoms with E-state index < -0.39 is 11.7 Å². The van der Waals surface area contributed by atoms with Gasteiger partial charge in [0.05, 0.1) is 11.6 Å². The molecule has 0 N–H and O–H groups in total. The third kappa shape index (κ3) is 4.12. The van der Waals surface area contributed by atoms with Crippen LogP contribution in [0.4, 0.5) is 13.2 Å². The van der Waals surface area contributed by atoms with Gasteiger partial charge in [-0.05, 0) is 30.2 Å². The minimum Gasteiger partial charge on any atom is -0.438 e. The van der Waals surface area contributed by atoms with Crippen LogP contribution in [0.25, 0.3) is 0 Å². The smallest absolute Gasteiger partial charge is 0.417 e. The summed E-state index contributed by atoms with van der Waals surface area (Å²) in [5.41, 5.74) is -0.0605. The highest BCUT2D eigenvalue weighted by Gasteiger charge is 2.31. The molecular weight excluding hydrogens is 317 g/mol. The highest BCUT2D eigenvalue weighted by molar-refractivity contribution is 6.31. The molecule has 0 atom stereocenters. The van der Waals surface area contributed by atoms with Crippen LogP contribution in [0.3, 0.4) is 0 Å². The molecule has 0 saturated carbocycles. The standard InChI is InChI=1S/C15H10ClF3N2O/c16-13-8-11(15(17,18)19)9-21-14(13)22-12-5-1-3-10(7-12)4-2-6-20/h1,3,5,7-9H,2,4H2. The van der Waals surface area contributed by atoms with Gasteiger partial charge in [-0.25, -0.2) is 4.98 Å². The fourth-order valence-corrected chi connectivity index (χ4v) is 1.94. The highest BCUT2D eigenvalue weighted by Crippen LogP contribution is 2.34. The number of aryl methyl sites for hydroxylation is 1. The topological polar surface area (TPSA) is 45.9 Å². The Balaban J connectivity index is 2.19. The second kappa shape index (κ2) is 6.67. The van der Waals surface area contributed by atoms with E-state index in [0.29, 0.717) is 24.8 Å². The van der Waals surface area contributed by atoms with Crippen LogP contribution < -0.4 is 4.74 Å². The number of nitriles is 1. The summed E-state index contributed by atoms with van der Waals surface area (Å²) >= 11 is 5.78. The first-order valence-corrected chi connectivity index (χ1v) is 6.64. The van der Waals surface area contributed by atoms with Crippen molar-refractivity contribution in [3.8, 4) is 17.7 Å². The fraction of sp³-hybridized carbons (Fsp3) is 0.200. The number of hydrogen-bond acceptors (Lipinski definition) is 3. The van der Waals surface area contributed by atoms with Crippen LogP contribution in [0.15, 0.2) is 36.5 Å². The van der Waals surface area contributed by atoms with Gasteiger partial charge in [-0.2, -0.15) is 18.4 Å². The van der Waals surface area contributed by atoms with E-state index in [1.807, 2.05) is 12.1 Å². The van der Waals surface area contributed by atoms with Crippen LogP contribution in [-0.4, -0.2) is 4.98 Å². The lowest BCUT2D eigenvalue weighted by molar-refractivity contribution is -0.137. The Morgan fingerprint density at radius 1 is 1.27 bits per heavy atom. The SMILES string of the molecule is N#CCCc1cccc(Oc2ncc(C(F)(F)F)cc2Cl)c1. The molecule has 114 valence electrons. The largest absolute Gasteiger partial charge is 0.438 e. The molecule has 1 aromatic carbocycles. The summed E-state index contributed by atoms with van der Waals surface area (Å²) in [5.74, 6) is 0.289. The van der Waals surface area contributed by atoms with Gasteiger partial charge < -0.3 is 4.74 Å². The van der Waals surface area contributed by atoms with Crippen molar-refractivity contribution in [1.82, 2.24) is 4.98 Å². The highest BCUT2D eigenvalue weighted by atomic mass is 35.5. The van der Waals surface area contributed by atoms with Crippen molar-refractivity contribution in [2.75, 3.05) is 0 Å². The molecule has 0 spiro atoms. The van der Waals surface area contributed by atoms with Crippen LogP contribution in [0.2, 0.25) is 5.02 Å². The summed E-state index contributed by atoms with van der Waals surface area (Å²) in [7, 11) is 0. The first kappa shape index (κ1) is 16.1. The Morgan fingerprint density at radius 3 is 2.68 bits per heavy atom. The van der Waals surface area contributed by atoms with Gasteiger partial charge in [0.15, 0.2) is 0 Å². The third-order valence-electron chi connectivity index (χ3n) is 2.77. The number of rotatable bonds is 4. The molecule has 0 saturated heterocycles.